The van der Waals surface area contributed by atoms with Gasteiger partial charge in [0, 0.05) is 13.5 Å². The molecular formula is C9H16O2. The van der Waals surface area contributed by atoms with Crippen LogP contribution in [0.1, 0.15) is 27.2 Å². The van der Waals surface area contributed by atoms with Crippen LogP contribution in [0, 0.1) is 0 Å². The lowest BCUT2D eigenvalue weighted by Gasteiger charge is -2.21. The van der Waals surface area contributed by atoms with Crippen molar-refractivity contribution >= 4 is 5.78 Å². The van der Waals surface area contributed by atoms with E-state index in [4.69, 9.17) is 4.74 Å². The molecule has 0 aromatic rings. The SMILES string of the molecule is C=C(C)C(=O)CC(C)(C)OC. The molecule has 0 spiro atoms. The summed E-state index contributed by atoms with van der Waals surface area (Å²) < 4.78 is 5.10. The minimum absolute atomic E-state index is 0.0665. The highest BCUT2D eigenvalue weighted by molar-refractivity contribution is 5.94. The van der Waals surface area contributed by atoms with Crippen LogP contribution in [-0.4, -0.2) is 18.5 Å². The van der Waals surface area contributed by atoms with Crippen molar-refractivity contribution in [3.05, 3.63) is 12.2 Å². The Hall–Kier alpha value is -0.630. The van der Waals surface area contributed by atoms with Crippen molar-refractivity contribution < 1.29 is 9.53 Å². The molecule has 0 aliphatic heterocycles. The van der Waals surface area contributed by atoms with E-state index in [2.05, 4.69) is 6.58 Å². The monoisotopic (exact) mass is 156 g/mol. The molecule has 0 unspecified atom stereocenters. The minimum Gasteiger partial charge on any atom is -0.378 e. The number of carbonyl (C=O) groups excluding carboxylic acids is 1. The van der Waals surface area contributed by atoms with Crippen LogP contribution >= 0.6 is 0 Å². The third-order valence-electron chi connectivity index (χ3n) is 1.61. The molecule has 11 heavy (non-hydrogen) atoms. The second-order valence-corrected chi connectivity index (χ2v) is 3.34. The van der Waals surface area contributed by atoms with Crippen LogP contribution in [0.4, 0.5) is 0 Å². The van der Waals surface area contributed by atoms with E-state index in [9.17, 15) is 4.79 Å². The first-order valence-corrected chi connectivity index (χ1v) is 3.63. The molecule has 0 bridgehead atoms. The number of ketones is 1. The topological polar surface area (TPSA) is 26.3 Å². The zero-order valence-corrected chi connectivity index (χ0v) is 7.73. The molecule has 0 heterocycles. The van der Waals surface area contributed by atoms with Gasteiger partial charge in [-0.1, -0.05) is 6.58 Å². The Labute approximate surface area is 68.2 Å². The first-order chi connectivity index (χ1) is 4.89. The fourth-order valence-electron chi connectivity index (χ4n) is 0.610. The number of hydrogen-bond acceptors (Lipinski definition) is 2. The molecule has 0 aromatic heterocycles. The lowest BCUT2D eigenvalue weighted by molar-refractivity contribution is -0.120. The van der Waals surface area contributed by atoms with Crippen molar-refractivity contribution in [3.63, 3.8) is 0 Å². The maximum absolute atomic E-state index is 11.1. The van der Waals surface area contributed by atoms with Crippen LogP contribution in [0.2, 0.25) is 0 Å². The molecule has 0 fully saturated rings. The van der Waals surface area contributed by atoms with E-state index >= 15 is 0 Å². The van der Waals surface area contributed by atoms with Gasteiger partial charge in [0.25, 0.3) is 0 Å². The van der Waals surface area contributed by atoms with E-state index < -0.39 is 0 Å². The predicted octanol–water partition coefficient (Wildman–Crippen LogP) is 1.95. The van der Waals surface area contributed by atoms with Gasteiger partial charge in [-0.05, 0) is 26.3 Å². The highest BCUT2D eigenvalue weighted by Gasteiger charge is 2.20. The number of allylic oxidation sites excluding steroid dienone is 1. The van der Waals surface area contributed by atoms with E-state index in [1.165, 1.54) is 0 Å². The highest BCUT2D eigenvalue weighted by Crippen LogP contribution is 2.15. The Balaban J connectivity index is 4.04. The summed E-state index contributed by atoms with van der Waals surface area (Å²) >= 11 is 0. The van der Waals surface area contributed by atoms with E-state index in [-0.39, 0.29) is 11.4 Å². The van der Waals surface area contributed by atoms with Crippen molar-refractivity contribution in [1.29, 1.82) is 0 Å². The van der Waals surface area contributed by atoms with Gasteiger partial charge >= 0.3 is 0 Å². The minimum atomic E-state index is -0.365. The molecule has 0 aliphatic carbocycles. The molecule has 0 radical (unpaired) electrons. The van der Waals surface area contributed by atoms with Crippen LogP contribution in [0.5, 0.6) is 0 Å². The van der Waals surface area contributed by atoms with Crippen molar-refractivity contribution in [1.82, 2.24) is 0 Å². The second-order valence-electron chi connectivity index (χ2n) is 3.34. The van der Waals surface area contributed by atoms with Gasteiger partial charge in [0.05, 0.1) is 5.60 Å². The standard InChI is InChI=1S/C9H16O2/c1-7(2)8(10)6-9(3,4)11-5/h1,6H2,2-5H3. The lowest BCUT2D eigenvalue weighted by atomic mass is 9.99. The average molecular weight is 156 g/mol. The number of hydrogen-bond donors (Lipinski definition) is 0. The van der Waals surface area contributed by atoms with Gasteiger partial charge in [-0.25, -0.2) is 0 Å². The normalized spacial score (nSPS) is 11.3. The number of rotatable bonds is 4. The van der Waals surface area contributed by atoms with Gasteiger partial charge < -0.3 is 4.74 Å². The van der Waals surface area contributed by atoms with Crippen LogP contribution in [0.15, 0.2) is 12.2 Å². The number of ether oxygens (including phenoxy) is 1. The van der Waals surface area contributed by atoms with E-state index in [0.29, 0.717) is 12.0 Å². The summed E-state index contributed by atoms with van der Waals surface area (Å²) in [6, 6.07) is 0. The molecule has 0 N–H and O–H groups in total. The number of Topliss-reactive ketones (excluding diaryl/α,β-unsaturated/α-hetero) is 1. The first kappa shape index (κ1) is 10.4. The third-order valence-corrected chi connectivity index (χ3v) is 1.61. The Morgan fingerprint density at radius 3 is 2.27 bits per heavy atom. The van der Waals surface area contributed by atoms with Crippen molar-refractivity contribution in [2.24, 2.45) is 0 Å². The van der Waals surface area contributed by atoms with Gasteiger partial charge in [-0.2, -0.15) is 0 Å². The summed E-state index contributed by atoms with van der Waals surface area (Å²) in [5.41, 5.74) is 0.228. The molecule has 0 rings (SSSR count). The zero-order chi connectivity index (χ0) is 9.07. The Kier molecular flexibility index (Phi) is 3.46. The zero-order valence-electron chi connectivity index (χ0n) is 7.73. The van der Waals surface area contributed by atoms with E-state index in [0.717, 1.165) is 0 Å². The van der Waals surface area contributed by atoms with E-state index in [1.807, 2.05) is 13.8 Å². The van der Waals surface area contributed by atoms with Crippen LogP contribution in [0.25, 0.3) is 0 Å². The largest absolute Gasteiger partial charge is 0.378 e. The molecular weight excluding hydrogens is 140 g/mol. The molecule has 2 heteroatoms. The first-order valence-electron chi connectivity index (χ1n) is 3.63. The summed E-state index contributed by atoms with van der Waals surface area (Å²) in [5, 5.41) is 0. The Bertz CT molecular complexity index is 168. The van der Waals surface area contributed by atoms with Gasteiger partial charge in [0.2, 0.25) is 0 Å². The number of carbonyl (C=O) groups is 1. The van der Waals surface area contributed by atoms with Crippen molar-refractivity contribution in [2.45, 2.75) is 32.8 Å². The summed E-state index contributed by atoms with van der Waals surface area (Å²) in [7, 11) is 1.60. The maximum Gasteiger partial charge on any atom is 0.160 e. The molecule has 0 amide bonds. The molecule has 0 saturated heterocycles. The van der Waals surface area contributed by atoms with E-state index in [1.54, 1.807) is 14.0 Å². The van der Waals surface area contributed by atoms with Gasteiger partial charge in [0.1, 0.15) is 0 Å². The molecule has 64 valence electrons. The molecule has 0 atom stereocenters. The summed E-state index contributed by atoms with van der Waals surface area (Å²) in [5.74, 6) is 0.0665. The fraction of sp³-hybridized carbons (Fsp3) is 0.667. The van der Waals surface area contributed by atoms with Crippen molar-refractivity contribution in [2.75, 3.05) is 7.11 Å². The quantitative estimate of drug-likeness (QED) is 0.581. The van der Waals surface area contributed by atoms with Crippen LogP contribution in [-0.2, 0) is 9.53 Å². The van der Waals surface area contributed by atoms with Gasteiger partial charge in [-0.15, -0.1) is 0 Å². The molecule has 0 aromatic carbocycles. The molecule has 0 saturated carbocycles. The van der Waals surface area contributed by atoms with Gasteiger partial charge in [-0.3, -0.25) is 4.79 Å². The van der Waals surface area contributed by atoms with Crippen molar-refractivity contribution in [3.8, 4) is 0 Å². The van der Waals surface area contributed by atoms with Crippen LogP contribution in [0.3, 0.4) is 0 Å². The molecule has 2 nitrogen and oxygen atoms in total. The summed E-state index contributed by atoms with van der Waals surface area (Å²) in [6.07, 6.45) is 0.402. The Morgan fingerprint density at radius 1 is 1.55 bits per heavy atom. The predicted molar refractivity (Wildman–Crippen MR) is 45.5 cm³/mol. The summed E-state index contributed by atoms with van der Waals surface area (Å²) in [4.78, 5) is 11.1. The number of methoxy groups -OCH3 is 1. The average Bonchev–Trinajstić information content (AvgIpc) is 1.87. The lowest BCUT2D eigenvalue weighted by Crippen LogP contribution is -2.26. The Morgan fingerprint density at radius 2 is 2.00 bits per heavy atom. The molecule has 0 aliphatic rings. The van der Waals surface area contributed by atoms with Crippen LogP contribution < -0.4 is 0 Å². The second kappa shape index (κ2) is 3.67. The van der Waals surface area contributed by atoms with Gasteiger partial charge in [0.15, 0.2) is 5.78 Å². The third kappa shape index (κ3) is 3.94. The maximum atomic E-state index is 11.1. The smallest absolute Gasteiger partial charge is 0.160 e. The fourth-order valence-corrected chi connectivity index (χ4v) is 0.610. The summed E-state index contributed by atoms with van der Waals surface area (Å²) in [6.45, 7) is 9.05. The highest BCUT2D eigenvalue weighted by atomic mass is 16.5.